The van der Waals surface area contributed by atoms with Crippen LogP contribution < -0.4 is 10.4 Å². The minimum Gasteiger partial charge on any atom is -0.328 e. The number of hydrogen-bond donors (Lipinski definition) is 2. The molecule has 28 heavy (non-hydrogen) atoms. The van der Waals surface area contributed by atoms with E-state index in [0.717, 1.165) is 31.2 Å². The number of benzene rings is 1. The number of halogens is 3. The van der Waals surface area contributed by atoms with E-state index < -0.39 is 17.0 Å². The minimum atomic E-state index is -4.34. The first-order valence-electron chi connectivity index (χ1n) is 8.74. The van der Waals surface area contributed by atoms with Crippen LogP contribution >= 0.6 is 11.8 Å². The van der Waals surface area contributed by atoms with Gasteiger partial charge in [0, 0.05) is 23.3 Å². The third-order valence-electron chi connectivity index (χ3n) is 5.43. The smallest absolute Gasteiger partial charge is 0.328 e. The van der Waals surface area contributed by atoms with Crippen molar-refractivity contribution < 1.29 is 23.2 Å². The maximum Gasteiger partial charge on any atom is 0.446 e. The summed E-state index contributed by atoms with van der Waals surface area (Å²) in [5.41, 5.74) is -2.31. The molecular weight excluding hydrogens is 393 g/mol. The molecule has 2 aliphatic rings. The lowest BCUT2D eigenvalue weighted by molar-refractivity contribution is -0.0328. The normalized spacial score (nSPS) is 23.9. The Kier molecular flexibility index (Phi) is 4.70. The van der Waals surface area contributed by atoms with E-state index in [0.29, 0.717) is 5.95 Å². The predicted octanol–water partition coefficient (Wildman–Crippen LogP) is 3.87. The maximum atomic E-state index is 12.8. The molecule has 6 nitrogen and oxygen atoms in total. The second-order valence-electron chi connectivity index (χ2n) is 6.92. The second-order valence-corrected chi connectivity index (χ2v) is 8.06. The highest BCUT2D eigenvalue weighted by Gasteiger charge is 2.53. The Morgan fingerprint density at radius 1 is 1.25 bits per heavy atom. The molecule has 2 aliphatic heterocycles. The summed E-state index contributed by atoms with van der Waals surface area (Å²) in [5, 5.41) is 8.71. The van der Waals surface area contributed by atoms with Gasteiger partial charge in [0.2, 0.25) is 5.95 Å². The zero-order valence-electron chi connectivity index (χ0n) is 14.6. The van der Waals surface area contributed by atoms with E-state index in [1.165, 1.54) is 23.9 Å². The van der Waals surface area contributed by atoms with Crippen LogP contribution in [0.3, 0.4) is 0 Å². The molecule has 0 radical (unpaired) electrons. The molecule has 0 atom stereocenters. The Morgan fingerprint density at radius 2 is 1.93 bits per heavy atom. The van der Waals surface area contributed by atoms with Crippen LogP contribution in [0.1, 0.15) is 41.6 Å². The van der Waals surface area contributed by atoms with Crippen LogP contribution in [0.5, 0.6) is 0 Å². The summed E-state index contributed by atoms with van der Waals surface area (Å²) >= 11 is -0.117. The average molecular weight is 410 g/mol. The van der Waals surface area contributed by atoms with Gasteiger partial charge in [-0.05, 0) is 55.1 Å². The number of carbonyl (C=O) groups excluding carboxylic acids is 1. The molecule has 10 heteroatoms. The largest absolute Gasteiger partial charge is 0.446 e. The summed E-state index contributed by atoms with van der Waals surface area (Å²) in [4.78, 5) is 22.3. The van der Waals surface area contributed by atoms with Gasteiger partial charge in [0.05, 0.1) is 11.1 Å². The van der Waals surface area contributed by atoms with Crippen molar-refractivity contribution in [1.29, 1.82) is 0 Å². The van der Waals surface area contributed by atoms with E-state index in [9.17, 15) is 18.0 Å². The number of nitrogens with one attached hydrogen (secondary N) is 1. The standard InChI is InChI=1S/C18H17F3N4O2S/c19-18(20,21)28-14-3-1-2-12(8-14)17-6-4-13(5-7-17)25(17)16-22-9-11(10-23-16)15(26)24-27/h1-3,8-10,13,27H,4-7H2,(H,24,26). The molecule has 0 saturated carbocycles. The molecule has 1 aromatic heterocycles. The first kappa shape index (κ1) is 19.0. The number of rotatable bonds is 4. The highest BCUT2D eigenvalue weighted by molar-refractivity contribution is 8.00. The Hall–Kier alpha value is -2.33. The van der Waals surface area contributed by atoms with Gasteiger partial charge >= 0.3 is 5.51 Å². The van der Waals surface area contributed by atoms with Gasteiger partial charge in [-0.2, -0.15) is 13.2 Å². The van der Waals surface area contributed by atoms with Gasteiger partial charge in [-0.1, -0.05) is 12.1 Å². The van der Waals surface area contributed by atoms with Crippen molar-refractivity contribution in [2.45, 2.75) is 47.7 Å². The lowest BCUT2D eigenvalue weighted by Gasteiger charge is -2.36. The van der Waals surface area contributed by atoms with Crippen LogP contribution in [0.15, 0.2) is 41.6 Å². The SMILES string of the molecule is O=C(NO)c1cnc(N2C3CCC2(c2cccc(SC(F)(F)F)c2)CC3)nc1. The number of aromatic nitrogens is 2. The van der Waals surface area contributed by atoms with Crippen molar-refractivity contribution in [2.24, 2.45) is 0 Å². The first-order chi connectivity index (χ1) is 13.3. The number of alkyl halides is 3. The van der Waals surface area contributed by atoms with E-state index in [1.807, 2.05) is 6.07 Å². The van der Waals surface area contributed by atoms with Crippen molar-refractivity contribution in [2.75, 3.05) is 4.90 Å². The summed E-state index contributed by atoms with van der Waals surface area (Å²) < 4.78 is 38.4. The van der Waals surface area contributed by atoms with Gasteiger partial charge in [-0.25, -0.2) is 15.4 Å². The van der Waals surface area contributed by atoms with Gasteiger partial charge in [0.25, 0.3) is 5.91 Å². The molecule has 0 spiro atoms. The molecule has 4 rings (SSSR count). The Labute approximate surface area is 163 Å². The molecule has 0 unspecified atom stereocenters. The third kappa shape index (κ3) is 3.30. The Balaban J connectivity index is 1.68. The molecule has 2 bridgehead atoms. The van der Waals surface area contributed by atoms with Crippen LogP contribution in [-0.2, 0) is 5.54 Å². The molecule has 1 amide bonds. The number of carbonyl (C=O) groups is 1. The molecule has 3 heterocycles. The van der Waals surface area contributed by atoms with Gasteiger partial charge < -0.3 is 4.90 Å². The van der Waals surface area contributed by atoms with Crippen molar-refractivity contribution in [3.8, 4) is 0 Å². The van der Waals surface area contributed by atoms with Crippen LogP contribution in [0.25, 0.3) is 0 Å². The van der Waals surface area contributed by atoms with Crippen LogP contribution in [0.4, 0.5) is 19.1 Å². The van der Waals surface area contributed by atoms with E-state index in [1.54, 1.807) is 12.1 Å². The summed E-state index contributed by atoms with van der Waals surface area (Å²) in [7, 11) is 0. The average Bonchev–Trinajstić information content (AvgIpc) is 3.23. The third-order valence-corrected chi connectivity index (χ3v) is 6.15. The van der Waals surface area contributed by atoms with Crippen molar-refractivity contribution in [3.63, 3.8) is 0 Å². The van der Waals surface area contributed by atoms with Gasteiger partial charge in [-0.15, -0.1) is 0 Å². The lowest BCUT2D eigenvalue weighted by atomic mass is 9.82. The Bertz CT molecular complexity index is 883. The van der Waals surface area contributed by atoms with E-state index >= 15 is 0 Å². The van der Waals surface area contributed by atoms with Crippen LogP contribution in [-0.4, -0.2) is 32.6 Å². The molecule has 2 fully saturated rings. The van der Waals surface area contributed by atoms with Crippen molar-refractivity contribution in [1.82, 2.24) is 15.4 Å². The zero-order valence-corrected chi connectivity index (χ0v) is 15.4. The molecule has 2 aromatic rings. The topological polar surface area (TPSA) is 78.3 Å². The number of amides is 1. The fraction of sp³-hybridized carbons (Fsp3) is 0.389. The molecule has 2 N–H and O–H groups in total. The van der Waals surface area contributed by atoms with Gasteiger partial charge in [-0.3, -0.25) is 10.0 Å². The fourth-order valence-corrected chi connectivity index (χ4v) is 4.92. The van der Waals surface area contributed by atoms with Gasteiger partial charge in [0.1, 0.15) is 0 Å². The molecular formula is C18H17F3N4O2S. The summed E-state index contributed by atoms with van der Waals surface area (Å²) in [5.74, 6) is -0.272. The van der Waals surface area contributed by atoms with Crippen LogP contribution in [0, 0.1) is 0 Å². The monoisotopic (exact) mass is 410 g/mol. The zero-order chi connectivity index (χ0) is 19.9. The maximum absolute atomic E-state index is 12.8. The number of hydroxylamine groups is 1. The molecule has 2 saturated heterocycles. The highest BCUT2D eigenvalue weighted by atomic mass is 32.2. The number of nitrogens with zero attached hydrogens (tertiary/aromatic N) is 3. The minimum absolute atomic E-state index is 0.117. The summed E-state index contributed by atoms with van der Waals surface area (Å²) in [6, 6.07) is 6.78. The predicted molar refractivity (Wildman–Crippen MR) is 96.1 cm³/mol. The van der Waals surface area contributed by atoms with Crippen molar-refractivity contribution >= 4 is 23.6 Å². The first-order valence-corrected chi connectivity index (χ1v) is 9.56. The summed E-state index contributed by atoms with van der Waals surface area (Å²) in [6.45, 7) is 0. The number of fused-ring (bicyclic) bond motifs is 2. The lowest BCUT2D eigenvalue weighted by Crippen LogP contribution is -2.40. The number of anilines is 1. The quantitative estimate of drug-likeness (QED) is 0.453. The van der Waals surface area contributed by atoms with E-state index in [-0.39, 0.29) is 28.3 Å². The van der Waals surface area contributed by atoms with Crippen LogP contribution in [0.2, 0.25) is 0 Å². The Morgan fingerprint density at radius 3 is 2.54 bits per heavy atom. The van der Waals surface area contributed by atoms with Gasteiger partial charge in [0.15, 0.2) is 0 Å². The molecule has 0 aliphatic carbocycles. The second kappa shape index (κ2) is 6.93. The molecule has 1 aromatic carbocycles. The van der Waals surface area contributed by atoms with Crippen molar-refractivity contribution in [3.05, 3.63) is 47.8 Å². The highest BCUT2D eigenvalue weighted by Crippen LogP contribution is 2.54. The molecule has 148 valence electrons. The number of hydrogen-bond acceptors (Lipinski definition) is 6. The van der Waals surface area contributed by atoms with E-state index in [4.69, 9.17) is 5.21 Å². The number of thioether (sulfide) groups is 1. The fourth-order valence-electron chi connectivity index (χ4n) is 4.32. The summed E-state index contributed by atoms with van der Waals surface area (Å²) in [6.07, 6.45) is 6.07. The van der Waals surface area contributed by atoms with E-state index in [2.05, 4.69) is 14.9 Å².